The lowest BCUT2D eigenvalue weighted by Gasteiger charge is -2.28. The summed E-state index contributed by atoms with van der Waals surface area (Å²) in [6.07, 6.45) is 4.20. The third-order valence-corrected chi connectivity index (χ3v) is 7.64. The molecule has 2 aromatic rings. The highest BCUT2D eigenvalue weighted by Crippen LogP contribution is 2.32. The molecule has 6 nitrogen and oxygen atoms in total. The van der Waals surface area contributed by atoms with Crippen molar-refractivity contribution in [2.24, 2.45) is 11.0 Å². The highest BCUT2D eigenvalue weighted by molar-refractivity contribution is 6.31. The van der Waals surface area contributed by atoms with E-state index in [9.17, 15) is 18.0 Å². The third-order valence-electron chi connectivity index (χ3n) is 7.39. The van der Waals surface area contributed by atoms with Crippen LogP contribution in [0.2, 0.25) is 0 Å². The zero-order chi connectivity index (χ0) is 29.6. The summed E-state index contributed by atoms with van der Waals surface area (Å²) in [6.45, 7) is 5.29. The lowest BCUT2D eigenvalue weighted by molar-refractivity contribution is -0.274. The molecule has 4 rings (SSSR count). The Balaban J connectivity index is 1.30. The van der Waals surface area contributed by atoms with Gasteiger partial charge in [0.2, 0.25) is 5.91 Å². The van der Waals surface area contributed by atoms with Crippen molar-refractivity contribution in [3.63, 3.8) is 0 Å². The summed E-state index contributed by atoms with van der Waals surface area (Å²) in [7, 11) is 1.81. The molecule has 10 heteroatoms. The van der Waals surface area contributed by atoms with Gasteiger partial charge in [-0.2, -0.15) is 5.10 Å². The predicted octanol–water partition coefficient (Wildman–Crippen LogP) is 7.65. The molecule has 220 valence electrons. The molecule has 0 spiro atoms. The molecule has 3 unspecified atom stereocenters. The van der Waals surface area contributed by atoms with Gasteiger partial charge >= 0.3 is 6.36 Å². The minimum Gasteiger partial charge on any atom is -0.406 e. The van der Waals surface area contributed by atoms with Crippen LogP contribution in [0.4, 0.5) is 18.9 Å². The molecule has 3 atom stereocenters. The van der Waals surface area contributed by atoms with Crippen molar-refractivity contribution < 1.29 is 22.7 Å². The molecule has 1 amide bonds. The van der Waals surface area contributed by atoms with Crippen molar-refractivity contribution in [1.29, 1.82) is 0 Å². The zero-order valence-electron chi connectivity index (χ0n) is 23.5. The van der Waals surface area contributed by atoms with Gasteiger partial charge in [0.25, 0.3) is 0 Å². The quantitative estimate of drug-likeness (QED) is 0.277. The molecule has 41 heavy (non-hydrogen) atoms. The first-order chi connectivity index (χ1) is 19.6. The van der Waals surface area contributed by atoms with Gasteiger partial charge in [0, 0.05) is 37.1 Å². The first-order valence-electron chi connectivity index (χ1n) is 13.9. The predicted molar refractivity (Wildman–Crippen MR) is 157 cm³/mol. The van der Waals surface area contributed by atoms with Crippen LogP contribution in [0.15, 0.2) is 77.0 Å². The van der Waals surface area contributed by atoms with Gasteiger partial charge in [-0.1, -0.05) is 56.1 Å². The van der Waals surface area contributed by atoms with Crippen molar-refractivity contribution >= 4 is 28.9 Å². The Labute approximate surface area is 244 Å². The molecule has 0 radical (unpaired) electrons. The SMILES string of the molecule is CCCC(CCNc1ccc(CN(C)C(=O)C2C(CC)=NN3C=CC(Cl)=CC23)cc1)c1ccc(OC(F)(F)F)cc1. The molecule has 0 saturated heterocycles. The van der Waals surface area contributed by atoms with E-state index >= 15 is 0 Å². The molecule has 0 aliphatic carbocycles. The average Bonchev–Trinajstić information content (AvgIpc) is 3.30. The van der Waals surface area contributed by atoms with Gasteiger partial charge < -0.3 is 15.0 Å². The van der Waals surface area contributed by atoms with E-state index < -0.39 is 6.36 Å². The number of nitrogens with zero attached hydrogens (tertiary/aromatic N) is 3. The van der Waals surface area contributed by atoms with Crippen molar-refractivity contribution in [2.75, 3.05) is 18.9 Å². The van der Waals surface area contributed by atoms with Crippen LogP contribution in [0.1, 0.15) is 56.6 Å². The molecule has 0 bridgehead atoms. The van der Waals surface area contributed by atoms with E-state index in [-0.39, 0.29) is 29.5 Å². The maximum absolute atomic E-state index is 13.5. The monoisotopic (exact) mass is 588 g/mol. The number of hydrazone groups is 1. The molecule has 0 aromatic heterocycles. The fraction of sp³-hybridized carbons (Fsp3) is 0.419. The number of carbonyl (C=O) groups excluding carboxylic acids is 1. The number of ether oxygens (including phenoxy) is 1. The highest BCUT2D eigenvalue weighted by Gasteiger charge is 2.41. The highest BCUT2D eigenvalue weighted by atomic mass is 35.5. The smallest absolute Gasteiger partial charge is 0.406 e. The number of nitrogens with one attached hydrogen (secondary N) is 1. The van der Waals surface area contributed by atoms with Crippen LogP contribution in [-0.2, 0) is 11.3 Å². The Bertz CT molecular complexity index is 1280. The van der Waals surface area contributed by atoms with Gasteiger partial charge in [-0.05, 0) is 72.7 Å². The summed E-state index contributed by atoms with van der Waals surface area (Å²) in [5.41, 5.74) is 3.83. The van der Waals surface area contributed by atoms with Crippen LogP contribution >= 0.6 is 11.6 Å². The van der Waals surface area contributed by atoms with Crippen LogP contribution in [0.5, 0.6) is 5.75 Å². The van der Waals surface area contributed by atoms with E-state index in [1.807, 2.05) is 55.5 Å². The number of anilines is 1. The zero-order valence-corrected chi connectivity index (χ0v) is 24.3. The number of alkyl halides is 3. The molecule has 1 N–H and O–H groups in total. The molecule has 2 aliphatic rings. The van der Waals surface area contributed by atoms with E-state index in [2.05, 4.69) is 22.1 Å². The summed E-state index contributed by atoms with van der Waals surface area (Å²) in [5.74, 6) is -0.345. The van der Waals surface area contributed by atoms with E-state index in [0.29, 0.717) is 24.5 Å². The second kappa shape index (κ2) is 13.5. The van der Waals surface area contributed by atoms with Crippen molar-refractivity contribution in [2.45, 2.75) is 64.4 Å². The van der Waals surface area contributed by atoms with Crippen molar-refractivity contribution in [1.82, 2.24) is 9.91 Å². The summed E-state index contributed by atoms with van der Waals surface area (Å²) in [6, 6.07) is 14.0. The molecule has 2 aliphatic heterocycles. The summed E-state index contributed by atoms with van der Waals surface area (Å²) < 4.78 is 41.4. The first kappa shape index (κ1) is 30.5. The molecule has 2 aromatic carbocycles. The summed E-state index contributed by atoms with van der Waals surface area (Å²) in [4.78, 5) is 15.2. The Morgan fingerprint density at radius 2 is 1.83 bits per heavy atom. The largest absolute Gasteiger partial charge is 0.573 e. The minimum absolute atomic E-state index is 0.0104. The van der Waals surface area contributed by atoms with Gasteiger partial charge in [0.05, 0.1) is 11.8 Å². The van der Waals surface area contributed by atoms with Gasteiger partial charge in [0.1, 0.15) is 11.7 Å². The van der Waals surface area contributed by atoms with Crippen LogP contribution in [-0.4, -0.2) is 47.5 Å². The van der Waals surface area contributed by atoms with E-state index in [0.717, 1.165) is 41.8 Å². The Hall–Kier alpha value is -3.46. The Kier molecular flexibility index (Phi) is 10.0. The van der Waals surface area contributed by atoms with E-state index in [4.69, 9.17) is 11.6 Å². The van der Waals surface area contributed by atoms with Crippen LogP contribution in [0.3, 0.4) is 0 Å². The molecule has 0 saturated carbocycles. The normalized spacial score (nSPS) is 18.9. The topological polar surface area (TPSA) is 57.2 Å². The third kappa shape index (κ3) is 8.06. The fourth-order valence-electron chi connectivity index (χ4n) is 5.35. The second-order valence-electron chi connectivity index (χ2n) is 10.4. The van der Waals surface area contributed by atoms with Gasteiger partial charge in [-0.25, -0.2) is 0 Å². The van der Waals surface area contributed by atoms with Gasteiger partial charge in [-0.3, -0.25) is 9.80 Å². The number of amides is 1. The maximum Gasteiger partial charge on any atom is 0.573 e. The average molecular weight is 589 g/mol. The molecular formula is C31H36ClF3N4O2. The van der Waals surface area contributed by atoms with E-state index in [1.54, 1.807) is 23.1 Å². The summed E-state index contributed by atoms with van der Waals surface area (Å²) >= 11 is 6.22. The number of halogens is 4. The second-order valence-corrected chi connectivity index (χ2v) is 10.8. The number of carbonyl (C=O) groups is 1. The Morgan fingerprint density at radius 3 is 2.46 bits per heavy atom. The Morgan fingerprint density at radius 1 is 1.12 bits per heavy atom. The van der Waals surface area contributed by atoms with Gasteiger partial charge in [-0.15, -0.1) is 13.2 Å². The molecular weight excluding hydrogens is 553 g/mol. The number of allylic oxidation sites excluding steroid dienone is 2. The van der Waals surface area contributed by atoms with Crippen LogP contribution in [0, 0.1) is 5.92 Å². The minimum atomic E-state index is -4.70. The fourth-order valence-corrected chi connectivity index (χ4v) is 5.54. The van der Waals surface area contributed by atoms with E-state index in [1.165, 1.54) is 12.1 Å². The molecule has 0 fully saturated rings. The lowest BCUT2D eigenvalue weighted by atomic mass is 9.91. The number of rotatable bonds is 12. The van der Waals surface area contributed by atoms with Crippen molar-refractivity contribution in [3.05, 3.63) is 83.0 Å². The summed E-state index contributed by atoms with van der Waals surface area (Å²) in [5, 5.41) is 10.5. The molecule has 2 heterocycles. The maximum atomic E-state index is 13.5. The van der Waals surface area contributed by atoms with Crippen LogP contribution in [0.25, 0.3) is 0 Å². The standard InChI is InChI=1S/C31H36ClF3N4O2/c1-4-6-22(23-9-13-26(14-10-23)41-31(33,34)35)15-17-36-25-11-7-21(8-12-25)20-38(3)30(40)29-27(5-2)37-39-18-16-24(32)19-28(29)39/h7-14,16,18-19,22,28-29,36H,4-6,15,17,20H2,1-3H3. The van der Waals surface area contributed by atoms with Gasteiger partial charge in [0.15, 0.2) is 0 Å². The number of benzene rings is 2. The van der Waals surface area contributed by atoms with Crippen molar-refractivity contribution in [3.8, 4) is 5.75 Å². The first-order valence-corrected chi connectivity index (χ1v) is 14.3. The lowest BCUT2D eigenvalue weighted by Crippen LogP contribution is -2.42. The number of hydrogen-bond donors (Lipinski definition) is 1. The van der Waals surface area contributed by atoms with Crippen LogP contribution < -0.4 is 10.1 Å². The number of fused-ring (bicyclic) bond motifs is 1. The number of hydrogen-bond acceptors (Lipinski definition) is 5.